The molecule has 1 rings (SSSR count). The summed E-state index contributed by atoms with van der Waals surface area (Å²) in [5.41, 5.74) is 5.73. The molecule has 0 aromatic rings. The van der Waals surface area contributed by atoms with Crippen molar-refractivity contribution in [3.05, 3.63) is 12.7 Å². The average Bonchev–Trinajstić information content (AvgIpc) is 2.09. The second kappa shape index (κ2) is 6.00. The van der Waals surface area contributed by atoms with Crippen molar-refractivity contribution in [3.63, 3.8) is 0 Å². The molecule has 0 spiro atoms. The van der Waals surface area contributed by atoms with Gasteiger partial charge in [0.05, 0.1) is 0 Å². The maximum atomic E-state index is 10.9. The largest absolute Gasteiger partial charge is 0.350 e. The van der Waals surface area contributed by atoms with Gasteiger partial charge in [-0.25, -0.2) is 0 Å². The van der Waals surface area contributed by atoms with Gasteiger partial charge in [0.15, 0.2) is 0 Å². The minimum absolute atomic E-state index is 0. The SMILES string of the molecule is C=CC(=O)NC1CCC(N)CC1.Cl. The summed E-state index contributed by atoms with van der Waals surface area (Å²) < 4.78 is 0. The standard InChI is InChI=1S/C9H16N2O.ClH/c1-2-9(12)11-8-5-3-7(10)4-6-8;/h2,7-8H,1,3-6,10H2,(H,11,12);1H. The average molecular weight is 205 g/mol. The fourth-order valence-electron chi connectivity index (χ4n) is 1.52. The van der Waals surface area contributed by atoms with Crippen LogP contribution in [0.2, 0.25) is 0 Å². The van der Waals surface area contributed by atoms with Crippen LogP contribution in [0, 0.1) is 0 Å². The third kappa shape index (κ3) is 4.29. The number of hydrogen-bond acceptors (Lipinski definition) is 2. The summed E-state index contributed by atoms with van der Waals surface area (Å²) in [6.07, 6.45) is 5.35. The third-order valence-electron chi connectivity index (χ3n) is 2.30. The Morgan fingerprint density at radius 1 is 1.38 bits per heavy atom. The van der Waals surface area contributed by atoms with Crippen LogP contribution < -0.4 is 11.1 Å². The van der Waals surface area contributed by atoms with Crippen molar-refractivity contribution >= 4 is 18.3 Å². The Morgan fingerprint density at radius 2 is 1.92 bits per heavy atom. The van der Waals surface area contributed by atoms with E-state index >= 15 is 0 Å². The van der Waals surface area contributed by atoms with E-state index in [1.54, 1.807) is 0 Å². The van der Waals surface area contributed by atoms with Crippen LogP contribution in [0.1, 0.15) is 25.7 Å². The van der Waals surface area contributed by atoms with E-state index in [0.717, 1.165) is 25.7 Å². The monoisotopic (exact) mass is 204 g/mol. The van der Waals surface area contributed by atoms with Crippen LogP contribution in [-0.4, -0.2) is 18.0 Å². The van der Waals surface area contributed by atoms with Crippen LogP contribution in [0.25, 0.3) is 0 Å². The number of halogens is 1. The van der Waals surface area contributed by atoms with Crippen molar-refractivity contribution in [2.75, 3.05) is 0 Å². The predicted molar refractivity (Wildman–Crippen MR) is 55.8 cm³/mol. The van der Waals surface area contributed by atoms with Gasteiger partial charge in [-0.15, -0.1) is 12.4 Å². The lowest BCUT2D eigenvalue weighted by Crippen LogP contribution is -2.39. The molecule has 3 nitrogen and oxygen atoms in total. The van der Waals surface area contributed by atoms with Crippen molar-refractivity contribution in [2.24, 2.45) is 5.73 Å². The number of hydrogen-bond donors (Lipinski definition) is 2. The predicted octanol–water partition coefficient (Wildman–Crippen LogP) is 0.980. The van der Waals surface area contributed by atoms with Gasteiger partial charge >= 0.3 is 0 Å². The van der Waals surface area contributed by atoms with Crippen LogP contribution >= 0.6 is 12.4 Å². The number of carbonyl (C=O) groups excluding carboxylic acids is 1. The summed E-state index contributed by atoms with van der Waals surface area (Å²) in [5.74, 6) is -0.0736. The highest BCUT2D eigenvalue weighted by molar-refractivity contribution is 5.87. The van der Waals surface area contributed by atoms with E-state index in [1.807, 2.05) is 0 Å². The first-order valence-corrected chi connectivity index (χ1v) is 4.41. The Labute approximate surface area is 85.2 Å². The number of nitrogens with two attached hydrogens (primary N) is 1. The first-order valence-electron chi connectivity index (χ1n) is 4.41. The molecule has 0 radical (unpaired) electrons. The Balaban J connectivity index is 0.00000144. The Morgan fingerprint density at radius 3 is 2.38 bits per heavy atom. The van der Waals surface area contributed by atoms with Crippen molar-refractivity contribution in [1.29, 1.82) is 0 Å². The molecule has 1 amide bonds. The molecule has 0 aromatic carbocycles. The molecule has 1 fully saturated rings. The van der Waals surface area contributed by atoms with Crippen molar-refractivity contribution in [1.82, 2.24) is 5.32 Å². The molecule has 3 N–H and O–H groups in total. The van der Waals surface area contributed by atoms with Gasteiger partial charge in [0.25, 0.3) is 0 Å². The van der Waals surface area contributed by atoms with E-state index in [0.29, 0.717) is 12.1 Å². The topological polar surface area (TPSA) is 55.1 Å². The molecule has 0 aromatic heterocycles. The highest BCUT2D eigenvalue weighted by atomic mass is 35.5. The summed E-state index contributed by atoms with van der Waals surface area (Å²) in [6.45, 7) is 3.40. The molecule has 1 aliphatic rings. The Hall–Kier alpha value is -0.540. The summed E-state index contributed by atoms with van der Waals surface area (Å²) in [7, 11) is 0. The van der Waals surface area contributed by atoms with Crippen LogP contribution in [0.4, 0.5) is 0 Å². The lowest BCUT2D eigenvalue weighted by Gasteiger charge is -2.26. The second-order valence-corrected chi connectivity index (χ2v) is 3.32. The zero-order valence-corrected chi connectivity index (χ0v) is 8.48. The van der Waals surface area contributed by atoms with Gasteiger partial charge in [-0.1, -0.05) is 6.58 Å². The molecule has 0 unspecified atom stereocenters. The molecule has 13 heavy (non-hydrogen) atoms. The normalized spacial score (nSPS) is 27.2. The number of amides is 1. The van der Waals surface area contributed by atoms with Gasteiger partial charge in [0.1, 0.15) is 0 Å². The summed E-state index contributed by atoms with van der Waals surface area (Å²) in [6, 6.07) is 0.650. The van der Waals surface area contributed by atoms with E-state index in [4.69, 9.17) is 5.73 Å². The maximum absolute atomic E-state index is 10.9. The quantitative estimate of drug-likeness (QED) is 0.659. The summed E-state index contributed by atoms with van der Waals surface area (Å²) in [5, 5.41) is 2.88. The molecule has 0 aliphatic heterocycles. The van der Waals surface area contributed by atoms with Crippen molar-refractivity contribution in [2.45, 2.75) is 37.8 Å². The van der Waals surface area contributed by atoms with E-state index in [1.165, 1.54) is 6.08 Å². The Kier molecular flexibility index (Phi) is 5.75. The zero-order chi connectivity index (χ0) is 8.97. The van der Waals surface area contributed by atoms with Gasteiger partial charge in [0, 0.05) is 12.1 Å². The Bertz CT molecular complexity index is 176. The molecule has 0 bridgehead atoms. The van der Waals surface area contributed by atoms with Crippen molar-refractivity contribution in [3.8, 4) is 0 Å². The molecule has 4 heteroatoms. The maximum Gasteiger partial charge on any atom is 0.243 e. The molecule has 1 saturated carbocycles. The number of carbonyl (C=O) groups is 1. The molecular formula is C9H17ClN2O. The molecule has 0 atom stereocenters. The summed E-state index contributed by atoms with van der Waals surface area (Å²) in [4.78, 5) is 10.9. The highest BCUT2D eigenvalue weighted by Gasteiger charge is 2.18. The minimum Gasteiger partial charge on any atom is -0.350 e. The fourth-order valence-corrected chi connectivity index (χ4v) is 1.52. The van der Waals surface area contributed by atoms with Gasteiger partial charge in [-0.05, 0) is 31.8 Å². The lowest BCUT2D eigenvalue weighted by molar-refractivity contribution is -0.117. The smallest absolute Gasteiger partial charge is 0.243 e. The van der Waals surface area contributed by atoms with Gasteiger partial charge in [0.2, 0.25) is 5.91 Å². The second-order valence-electron chi connectivity index (χ2n) is 3.32. The van der Waals surface area contributed by atoms with E-state index < -0.39 is 0 Å². The molecule has 76 valence electrons. The molecular weight excluding hydrogens is 188 g/mol. The van der Waals surface area contributed by atoms with E-state index in [9.17, 15) is 4.79 Å². The van der Waals surface area contributed by atoms with E-state index in [-0.39, 0.29) is 18.3 Å². The number of rotatable bonds is 2. The van der Waals surface area contributed by atoms with Crippen LogP contribution in [0.15, 0.2) is 12.7 Å². The van der Waals surface area contributed by atoms with Gasteiger partial charge < -0.3 is 11.1 Å². The zero-order valence-electron chi connectivity index (χ0n) is 7.66. The molecule has 1 aliphatic carbocycles. The first-order chi connectivity index (χ1) is 5.72. The highest BCUT2D eigenvalue weighted by Crippen LogP contribution is 2.16. The van der Waals surface area contributed by atoms with Crippen LogP contribution in [0.5, 0.6) is 0 Å². The minimum atomic E-state index is -0.0736. The van der Waals surface area contributed by atoms with Crippen LogP contribution in [-0.2, 0) is 4.79 Å². The fraction of sp³-hybridized carbons (Fsp3) is 0.667. The van der Waals surface area contributed by atoms with Crippen LogP contribution in [0.3, 0.4) is 0 Å². The van der Waals surface area contributed by atoms with E-state index in [2.05, 4.69) is 11.9 Å². The molecule has 0 heterocycles. The summed E-state index contributed by atoms with van der Waals surface area (Å²) >= 11 is 0. The van der Waals surface area contributed by atoms with Gasteiger partial charge in [-0.2, -0.15) is 0 Å². The van der Waals surface area contributed by atoms with Crippen molar-refractivity contribution < 1.29 is 4.79 Å². The number of nitrogens with one attached hydrogen (secondary N) is 1. The third-order valence-corrected chi connectivity index (χ3v) is 2.30. The molecule has 0 saturated heterocycles. The van der Waals surface area contributed by atoms with Gasteiger partial charge in [-0.3, -0.25) is 4.79 Å². The lowest BCUT2D eigenvalue weighted by atomic mass is 9.92. The first kappa shape index (κ1) is 12.5.